The zero-order valence-electron chi connectivity index (χ0n) is 15.0. The molecular formula is C17H20ClN5O3S. The van der Waals surface area contributed by atoms with Crippen molar-refractivity contribution in [2.45, 2.75) is 23.7 Å². The van der Waals surface area contributed by atoms with Gasteiger partial charge in [0.2, 0.25) is 10.0 Å². The smallest absolute Gasteiger partial charge is 0.247 e. The summed E-state index contributed by atoms with van der Waals surface area (Å²) in [6.07, 6.45) is 4.36. The summed E-state index contributed by atoms with van der Waals surface area (Å²) < 4.78 is 35.8. The minimum absolute atomic E-state index is 0.0609. The van der Waals surface area contributed by atoms with Crippen molar-refractivity contribution in [3.63, 3.8) is 0 Å². The van der Waals surface area contributed by atoms with Gasteiger partial charge >= 0.3 is 0 Å². The quantitative estimate of drug-likeness (QED) is 0.661. The van der Waals surface area contributed by atoms with Crippen LogP contribution in [0.4, 0.5) is 0 Å². The standard InChI is InChI=1S/C17H20ClN5O3S/c1-21-14(10-13(20-21)15-4-3-9-26-15)12-5-7-23(8-6-12)27(24,25)16-11-19-22(2)17(16)18/h3-4,9-12H,5-8H2,1-2H3. The van der Waals surface area contributed by atoms with Gasteiger partial charge in [-0.2, -0.15) is 14.5 Å². The minimum Gasteiger partial charge on any atom is -0.463 e. The molecule has 1 aliphatic heterocycles. The Bertz CT molecular complexity index is 1050. The van der Waals surface area contributed by atoms with Crippen molar-refractivity contribution in [1.29, 1.82) is 0 Å². The Morgan fingerprint density at radius 1 is 1.22 bits per heavy atom. The van der Waals surface area contributed by atoms with Gasteiger partial charge in [0.25, 0.3) is 0 Å². The maximum atomic E-state index is 12.8. The Hall–Kier alpha value is -2.10. The van der Waals surface area contributed by atoms with Gasteiger partial charge in [-0.05, 0) is 31.0 Å². The predicted octanol–water partition coefficient (Wildman–Crippen LogP) is 2.64. The summed E-state index contributed by atoms with van der Waals surface area (Å²) in [6.45, 7) is 0.860. The molecule has 0 N–H and O–H groups in total. The van der Waals surface area contributed by atoms with E-state index >= 15 is 0 Å². The summed E-state index contributed by atoms with van der Waals surface area (Å²) >= 11 is 6.08. The number of nitrogens with zero attached hydrogens (tertiary/aromatic N) is 5. The number of furan rings is 1. The topological polar surface area (TPSA) is 86.2 Å². The van der Waals surface area contributed by atoms with Crippen molar-refractivity contribution in [3.8, 4) is 11.5 Å². The molecule has 1 saturated heterocycles. The van der Waals surface area contributed by atoms with Gasteiger partial charge in [-0.25, -0.2) is 8.42 Å². The molecule has 3 aromatic heterocycles. The maximum Gasteiger partial charge on any atom is 0.247 e. The number of halogens is 1. The second kappa shape index (κ2) is 6.81. The van der Waals surface area contributed by atoms with Crippen LogP contribution in [0.25, 0.3) is 11.5 Å². The number of rotatable bonds is 4. The second-order valence-electron chi connectivity index (χ2n) is 6.66. The summed E-state index contributed by atoms with van der Waals surface area (Å²) in [7, 11) is -0.116. The number of hydrogen-bond acceptors (Lipinski definition) is 5. The van der Waals surface area contributed by atoms with Gasteiger partial charge in [-0.15, -0.1) is 0 Å². The Kier molecular flexibility index (Phi) is 4.61. The molecule has 0 amide bonds. The lowest BCUT2D eigenvalue weighted by molar-refractivity contribution is 0.313. The van der Waals surface area contributed by atoms with Crippen LogP contribution in [0.1, 0.15) is 24.5 Å². The third-order valence-electron chi connectivity index (χ3n) is 5.02. The highest BCUT2D eigenvalue weighted by atomic mass is 35.5. The zero-order valence-corrected chi connectivity index (χ0v) is 16.6. The summed E-state index contributed by atoms with van der Waals surface area (Å²) in [5, 5.41) is 8.59. The molecule has 0 atom stereocenters. The van der Waals surface area contributed by atoms with Gasteiger partial charge in [0.15, 0.2) is 5.76 Å². The molecule has 0 bridgehead atoms. The Morgan fingerprint density at radius 3 is 2.56 bits per heavy atom. The van der Waals surface area contributed by atoms with Crippen LogP contribution in [0.3, 0.4) is 0 Å². The lowest BCUT2D eigenvalue weighted by atomic mass is 9.94. The van der Waals surface area contributed by atoms with E-state index < -0.39 is 10.0 Å². The first-order valence-electron chi connectivity index (χ1n) is 8.63. The number of hydrogen-bond donors (Lipinski definition) is 0. The lowest BCUT2D eigenvalue weighted by Gasteiger charge is -2.30. The van der Waals surface area contributed by atoms with Crippen LogP contribution in [0.2, 0.25) is 5.15 Å². The van der Waals surface area contributed by atoms with Crippen molar-refractivity contribution < 1.29 is 12.8 Å². The Morgan fingerprint density at radius 2 is 1.96 bits per heavy atom. The third-order valence-corrected chi connectivity index (χ3v) is 7.48. The summed E-state index contributed by atoms with van der Waals surface area (Å²) in [5.74, 6) is 0.963. The molecule has 144 valence electrons. The van der Waals surface area contributed by atoms with Crippen molar-refractivity contribution in [2.24, 2.45) is 14.1 Å². The van der Waals surface area contributed by atoms with Gasteiger partial charge in [0.1, 0.15) is 15.7 Å². The van der Waals surface area contributed by atoms with Crippen LogP contribution < -0.4 is 0 Å². The van der Waals surface area contributed by atoms with E-state index in [1.807, 2.05) is 29.9 Å². The first-order chi connectivity index (χ1) is 12.9. The molecule has 0 spiro atoms. The molecule has 0 aliphatic carbocycles. The van der Waals surface area contributed by atoms with Crippen LogP contribution in [0.5, 0.6) is 0 Å². The molecular weight excluding hydrogens is 390 g/mol. The molecule has 0 saturated carbocycles. The number of aryl methyl sites for hydroxylation is 2. The van der Waals surface area contributed by atoms with Gasteiger partial charge < -0.3 is 4.42 Å². The van der Waals surface area contributed by atoms with E-state index in [9.17, 15) is 8.42 Å². The molecule has 0 radical (unpaired) electrons. The maximum absolute atomic E-state index is 12.8. The van der Waals surface area contributed by atoms with E-state index in [1.54, 1.807) is 13.3 Å². The normalized spacial score (nSPS) is 16.9. The monoisotopic (exact) mass is 409 g/mol. The van der Waals surface area contributed by atoms with Gasteiger partial charge in [-0.3, -0.25) is 9.36 Å². The van der Waals surface area contributed by atoms with Crippen molar-refractivity contribution in [2.75, 3.05) is 13.1 Å². The molecule has 0 aromatic carbocycles. The van der Waals surface area contributed by atoms with E-state index in [1.165, 1.54) is 15.2 Å². The van der Waals surface area contributed by atoms with Crippen molar-refractivity contribution in [1.82, 2.24) is 23.9 Å². The number of piperidine rings is 1. The fraction of sp³-hybridized carbons (Fsp3) is 0.412. The third kappa shape index (κ3) is 3.19. The van der Waals surface area contributed by atoms with E-state index in [0.717, 1.165) is 17.1 Å². The van der Waals surface area contributed by atoms with E-state index in [2.05, 4.69) is 10.2 Å². The summed E-state index contributed by atoms with van der Waals surface area (Å²) in [6, 6.07) is 5.72. The molecule has 0 unspecified atom stereocenters. The first kappa shape index (κ1) is 18.3. The molecule has 1 aliphatic rings. The molecule has 8 nitrogen and oxygen atoms in total. The predicted molar refractivity (Wildman–Crippen MR) is 99.9 cm³/mol. The highest BCUT2D eigenvalue weighted by molar-refractivity contribution is 7.89. The lowest BCUT2D eigenvalue weighted by Crippen LogP contribution is -2.38. The zero-order chi connectivity index (χ0) is 19.2. The summed E-state index contributed by atoms with van der Waals surface area (Å²) in [4.78, 5) is 0.0609. The second-order valence-corrected chi connectivity index (χ2v) is 8.92. The van der Waals surface area contributed by atoms with Crippen molar-refractivity contribution in [3.05, 3.63) is 41.5 Å². The molecule has 4 heterocycles. The molecule has 10 heteroatoms. The summed E-state index contributed by atoms with van der Waals surface area (Å²) in [5.41, 5.74) is 1.87. The Labute approximate surface area is 162 Å². The van der Waals surface area contributed by atoms with Crippen molar-refractivity contribution >= 4 is 21.6 Å². The number of aromatic nitrogens is 4. The average Bonchev–Trinajstić information content (AvgIpc) is 3.37. The van der Waals surface area contributed by atoms with Crippen LogP contribution in [0, 0.1) is 0 Å². The largest absolute Gasteiger partial charge is 0.463 e. The van der Waals surface area contributed by atoms with Gasteiger partial charge in [-0.1, -0.05) is 11.6 Å². The molecule has 4 rings (SSSR count). The van der Waals surface area contributed by atoms with E-state index in [-0.39, 0.29) is 16.0 Å². The fourth-order valence-corrected chi connectivity index (χ4v) is 5.39. The molecule has 27 heavy (non-hydrogen) atoms. The fourth-order valence-electron chi connectivity index (χ4n) is 3.51. The molecule has 1 fully saturated rings. The Balaban J connectivity index is 1.50. The number of sulfonamides is 1. The SMILES string of the molecule is Cn1nc(-c2ccco2)cc1C1CCN(S(=O)(=O)c2cnn(C)c2Cl)CC1. The molecule has 3 aromatic rings. The van der Waals surface area contributed by atoms with Gasteiger partial charge in [0, 0.05) is 38.8 Å². The van der Waals surface area contributed by atoms with E-state index in [0.29, 0.717) is 25.9 Å². The van der Waals surface area contributed by atoms with Crippen LogP contribution in [-0.2, 0) is 24.1 Å². The highest BCUT2D eigenvalue weighted by Gasteiger charge is 2.33. The van der Waals surface area contributed by atoms with Crippen LogP contribution in [0.15, 0.2) is 40.0 Å². The average molecular weight is 410 g/mol. The van der Waals surface area contributed by atoms with Crippen LogP contribution in [-0.4, -0.2) is 45.4 Å². The van der Waals surface area contributed by atoms with Gasteiger partial charge in [0.05, 0.1) is 12.5 Å². The van der Waals surface area contributed by atoms with Crippen LogP contribution >= 0.6 is 11.6 Å². The van der Waals surface area contributed by atoms with E-state index in [4.69, 9.17) is 16.0 Å². The highest BCUT2D eigenvalue weighted by Crippen LogP contribution is 2.33. The first-order valence-corrected chi connectivity index (χ1v) is 10.4. The minimum atomic E-state index is -3.64.